The summed E-state index contributed by atoms with van der Waals surface area (Å²) in [6.07, 6.45) is 6.26. The third-order valence-electron chi connectivity index (χ3n) is 4.48. The van der Waals surface area contributed by atoms with Gasteiger partial charge in [-0.2, -0.15) is 0 Å². The molecule has 0 radical (unpaired) electrons. The highest BCUT2D eigenvalue weighted by atomic mass is 19.1. The summed E-state index contributed by atoms with van der Waals surface area (Å²) in [4.78, 5) is 2.34. The van der Waals surface area contributed by atoms with Gasteiger partial charge in [0.1, 0.15) is 11.6 Å². The molecule has 1 fully saturated rings. The fourth-order valence-corrected chi connectivity index (χ4v) is 3.33. The predicted octanol–water partition coefficient (Wildman–Crippen LogP) is 3.74. The summed E-state index contributed by atoms with van der Waals surface area (Å²) >= 11 is 0. The van der Waals surface area contributed by atoms with E-state index in [1.807, 2.05) is 7.05 Å². The Morgan fingerprint density at radius 2 is 1.81 bits per heavy atom. The minimum atomic E-state index is -0.510. The summed E-state index contributed by atoms with van der Waals surface area (Å²) in [6.45, 7) is 2.06. The Morgan fingerprint density at radius 1 is 1.19 bits per heavy atom. The van der Waals surface area contributed by atoms with Crippen molar-refractivity contribution < 1.29 is 8.78 Å². The van der Waals surface area contributed by atoms with Crippen molar-refractivity contribution >= 4 is 0 Å². The molecule has 2 nitrogen and oxygen atoms in total. The van der Waals surface area contributed by atoms with E-state index < -0.39 is 11.6 Å². The van der Waals surface area contributed by atoms with Gasteiger partial charge in [0.25, 0.3) is 0 Å². The Bertz CT molecular complexity index is 424. The average Bonchev–Trinajstić information content (AvgIpc) is 2.91. The molecule has 118 valence electrons. The van der Waals surface area contributed by atoms with Gasteiger partial charge in [-0.3, -0.25) is 0 Å². The lowest BCUT2D eigenvalue weighted by molar-refractivity contribution is 0.264. The topological polar surface area (TPSA) is 15.3 Å². The first kappa shape index (κ1) is 16.4. The van der Waals surface area contributed by atoms with Crippen LogP contribution in [0.2, 0.25) is 0 Å². The standard InChI is InChI=1S/C17H26F2N2/c1-20-17(14-9-15(18)11-16(19)10-14)7-8-21(2)12-13-5-3-4-6-13/h9-11,13,17,20H,3-8,12H2,1-2H3. The van der Waals surface area contributed by atoms with Crippen LogP contribution in [0.3, 0.4) is 0 Å². The first-order valence-corrected chi connectivity index (χ1v) is 7.90. The molecule has 0 amide bonds. The zero-order valence-corrected chi connectivity index (χ0v) is 13.0. The molecule has 1 N–H and O–H groups in total. The highest BCUT2D eigenvalue weighted by Crippen LogP contribution is 2.25. The normalized spacial score (nSPS) is 17.6. The van der Waals surface area contributed by atoms with Crippen LogP contribution >= 0.6 is 0 Å². The Hall–Kier alpha value is -1.00. The van der Waals surface area contributed by atoms with Gasteiger partial charge in [-0.1, -0.05) is 12.8 Å². The Labute approximate surface area is 126 Å². The second-order valence-corrected chi connectivity index (χ2v) is 6.25. The highest BCUT2D eigenvalue weighted by Gasteiger charge is 2.18. The van der Waals surface area contributed by atoms with E-state index in [1.54, 1.807) is 0 Å². The molecule has 1 aliphatic carbocycles. The summed E-state index contributed by atoms with van der Waals surface area (Å²) < 4.78 is 26.6. The van der Waals surface area contributed by atoms with Crippen molar-refractivity contribution in [1.82, 2.24) is 10.2 Å². The SMILES string of the molecule is CNC(CCN(C)CC1CCCC1)c1cc(F)cc(F)c1. The summed E-state index contributed by atoms with van der Waals surface area (Å²) in [7, 11) is 3.97. The van der Waals surface area contributed by atoms with E-state index in [1.165, 1.54) is 37.8 Å². The molecule has 0 saturated heterocycles. The van der Waals surface area contributed by atoms with Gasteiger partial charge in [-0.15, -0.1) is 0 Å². The molecule has 0 heterocycles. The van der Waals surface area contributed by atoms with E-state index in [4.69, 9.17) is 0 Å². The smallest absolute Gasteiger partial charge is 0.126 e. The fourth-order valence-electron chi connectivity index (χ4n) is 3.33. The number of benzene rings is 1. The van der Waals surface area contributed by atoms with Gasteiger partial charge in [0.2, 0.25) is 0 Å². The molecule has 1 aromatic carbocycles. The fraction of sp³-hybridized carbons (Fsp3) is 0.647. The number of nitrogens with one attached hydrogen (secondary N) is 1. The van der Waals surface area contributed by atoms with Gasteiger partial charge in [-0.25, -0.2) is 8.78 Å². The van der Waals surface area contributed by atoms with Crippen LogP contribution in [0, 0.1) is 17.6 Å². The zero-order valence-electron chi connectivity index (χ0n) is 13.0. The molecule has 1 aliphatic rings. The molecule has 0 aliphatic heterocycles. The van der Waals surface area contributed by atoms with E-state index in [9.17, 15) is 8.78 Å². The summed E-state index contributed by atoms with van der Waals surface area (Å²) in [6, 6.07) is 3.74. The summed E-state index contributed by atoms with van der Waals surface area (Å²) in [5.41, 5.74) is 0.685. The number of nitrogens with zero attached hydrogens (tertiary/aromatic N) is 1. The maximum Gasteiger partial charge on any atom is 0.126 e. The van der Waals surface area contributed by atoms with Crippen LogP contribution in [0.15, 0.2) is 18.2 Å². The van der Waals surface area contributed by atoms with Gasteiger partial charge in [0, 0.05) is 18.7 Å². The molecule has 1 aromatic rings. The van der Waals surface area contributed by atoms with Crippen LogP contribution in [-0.2, 0) is 0 Å². The van der Waals surface area contributed by atoms with Crippen LogP contribution in [-0.4, -0.2) is 32.1 Å². The van der Waals surface area contributed by atoms with Gasteiger partial charge < -0.3 is 10.2 Å². The van der Waals surface area contributed by atoms with Crippen molar-refractivity contribution in [2.45, 2.75) is 38.1 Å². The first-order valence-electron chi connectivity index (χ1n) is 7.90. The van der Waals surface area contributed by atoms with E-state index in [-0.39, 0.29) is 6.04 Å². The third kappa shape index (κ3) is 5.04. The Balaban J connectivity index is 1.86. The molecule has 2 rings (SSSR count). The monoisotopic (exact) mass is 296 g/mol. The minimum Gasteiger partial charge on any atom is -0.313 e. The van der Waals surface area contributed by atoms with Gasteiger partial charge >= 0.3 is 0 Å². The molecule has 0 spiro atoms. The van der Waals surface area contributed by atoms with Crippen molar-refractivity contribution in [3.8, 4) is 0 Å². The lowest BCUT2D eigenvalue weighted by Gasteiger charge is -2.24. The second-order valence-electron chi connectivity index (χ2n) is 6.25. The summed E-state index contributed by atoms with van der Waals surface area (Å²) in [5.74, 6) is -0.191. The van der Waals surface area contributed by atoms with E-state index >= 15 is 0 Å². The zero-order chi connectivity index (χ0) is 15.2. The number of hydrogen-bond acceptors (Lipinski definition) is 2. The van der Waals surface area contributed by atoms with Crippen molar-refractivity contribution in [3.05, 3.63) is 35.4 Å². The van der Waals surface area contributed by atoms with Crippen molar-refractivity contribution in [1.29, 1.82) is 0 Å². The predicted molar refractivity (Wildman–Crippen MR) is 82.2 cm³/mol. The van der Waals surface area contributed by atoms with Gasteiger partial charge in [0.15, 0.2) is 0 Å². The lowest BCUT2D eigenvalue weighted by Crippen LogP contribution is -2.29. The van der Waals surface area contributed by atoms with Gasteiger partial charge in [-0.05, 0) is 63.5 Å². The van der Waals surface area contributed by atoms with E-state index in [0.717, 1.165) is 31.5 Å². The Kier molecular flexibility index (Phi) is 6.12. The minimum absolute atomic E-state index is 0.0128. The largest absolute Gasteiger partial charge is 0.313 e. The molecule has 0 bridgehead atoms. The number of rotatable bonds is 7. The first-order chi connectivity index (χ1) is 10.1. The van der Waals surface area contributed by atoms with Crippen LogP contribution in [0.25, 0.3) is 0 Å². The maximum absolute atomic E-state index is 13.3. The molecule has 4 heteroatoms. The molecule has 1 unspecified atom stereocenters. The van der Waals surface area contributed by atoms with Crippen LogP contribution in [0.5, 0.6) is 0 Å². The van der Waals surface area contributed by atoms with Gasteiger partial charge in [0.05, 0.1) is 0 Å². The van der Waals surface area contributed by atoms with Crippen LogP contribution in [0.1, 0.15) is 43.7 Å². The van der Waals surface area contributed by atoms with Crippen molar-refractivity contribution in [2.75, 3.05) is 27.2 Å². The molecular formula is C17H26F2N2. The second kappa shape index (κ2) is 7.85. The van der Waals surface area contributed by atoms with E-state index in [0.29, 0.717) is 5.56 Å². The highest BCUT2D eigenvalue weighted by molar-refractivity contribution is 5.21. The summed E-state index contributed by atoms with van der Waals surface area (Å²) in [5, 5.41) is 3.16. The maximum atomic E-state index is 13.3. The molecule has 1 saturated carbocycles. The van der Waals surface area contributed by atoms with Crippen molar-refractivity contribution in [3.63, 3.8) is 0 Å². The number of halogens is 2. The van der Waals surface area contributed by atoms with E-state index in [2.05, 4.69) is 17.3 Å². The third-order valence-corrected chi connectivity index (χ3v) is 4.48. The van der Waals surface area contributed by atoms with Crippen LogP contribution in [0.4, 0.5) is 8.78 Å². The average molecular weight is 296 g/mol. The van der Waals surface area contributed by atoms with Crippen LogP contribution < -0.4 is 5.32 Å². The van der Waals surface area contributed by atoms with Crippen molar-refractivity contribution in [2.24, 2.45) is 5.92 Å². The molecule has 0 aromatic heterocycles. The molecule has 1 atom stereocenters. The molecule has 21 heavy (non-hydrogen) atoms. The quantitative estimate of drug-likeness (QED) is 0.824. The lowest BCUT2D eigenvalue weighted by atomic mass is 10.0. The Morgan fingerprint density at radius 3 is 2.38 bits per heavy atom. The number of hydrogen-bond donors (Lipinski definition) is 1. The molecular weight excluding hydrogens is 270 g/mol.